The van der Waals surface area contributed by atoms with E-state index in [-0.39, 0.29) is 40.1 Å². The molecule has 6 aliphatic rings. The summed E-state index contributed by atoms with van der Waals surface area (Å²) in [6.07, 6.45) is 10.6. The van der Waals surface area contributed by atoms with Crippen molar-refractivity contribution in [2.75, 3.05) is 18.0 Å². The maximum atomic E-state index is 14.3. The smallest absolute Gasteiger partial charge is 0.342 e. The highest BCUT2D eigenvalue weighted by atomic mass is 16.7. The van der Waals surface area contributed by atoms with Crippen LogP contribution in [0, 0.1) is 18.8 Å². The molecule has 6 atom stereocenters. The topological polar surface area (TPSA) is 192 Å². The number of aromatic nitrogens is 2. The number of nitrogen functional groups attached to an aromatic ring is 2. The number of nitrogens with two attached hydrogens (primary N) is 2. The van der Waals surface area contributed by atoms with Crippen molar-refractivity contribution >= 4 is 34.8 Å². The Bertz CT molecular complexity index is 2540. The van der Waals surface area contributed by atoms with Crippen LogP contribution < -0.4 is 21.6 Å². The van der Waals surface area contributed by atoms with Gasteiger partial charge in [-0.1, -0.05) is 12.2 Å². The van der Waals surface area contributed by atoms with Crippen LogP contribution in [0.2, 0.25) is 0 Å². The van der Waals surface area contributed by atoms with E-state index in [1.54, 1.807) is 19.1 Å². The van der Waals surface area contributed by atoms with Crippen LogP contribution in [0.1, 0.15) is 55.2 Å². The van der Waals surface area contributed by atoms with Crippen molar-refractivity contribution in [2.24, 2.45) is 16.8 Å². The number of nitrogens with zero attached hydrogens (tertiary/aromatic N) is 4. The van der Waals surface area contributed by atoms with Crippen LogP contribution in [0.4, 0.5) is 11.6 Å². The van der Waals surface area contributed by atoms with Gasteiger partial charge in [-0.05, 0) is 81.9 Å². The van der Waals surface area contributed by atoms with E-state index < -0.39 is 29.2 Å². The zero-order valence-electron chi connectivity index (χ0n) is 30.6. The van der Waals surface area contributed by atoms with Gasteiger partial charge in [-0.2, -0.15) is 0 Å². The van der Waals surface area contributed by atoms with Crippen LogP contribution in [0.15, 0.2) is 86.3 Å². The molecule has 8 heterocycles. The lowest BCUT2D eigenvalue weighted by Gasteiger charge is -2.47. The number of rotatable bonds is 6. The summed E-state index contributed by atoms with van der Waals surface area (Å²) < 4.78 is 25.0. The fourth-order valence-corrected chi connectivity index (χ4v) is 9.47. The predicted molar refractivity (Wildman–Crippen MR) is 204 cm³/mol. The average molecular weight is 741 g/mol. The number of esters is 1. The number of carbonyl (C=O) groups is 1. The van der Waals surface area contributed by atoms with Gasteiger partial charge >= 0.3 is 5.97 Å². The van der Waals surface area contributed by atoms with Crippen LogP contribution in [0.25, 0.3) is 22.2 Å². The Balaban J connectivity index is 0.891. The molecule has 2 saturated heterocycles. The standard InChI is InChI=1S/C42H40N6O7/c1-20-10-29(49)36-30(52-20)16-31-37(38(36)50)35-22-5-6-25(13-22)42(40(51)53-39(35)41(2,3)54-31)32(55-42)7-4-21-11-27(47-33(43)12-21)24-14-26(46-34(44)15-24)18-48-17-23-8-9-45-28(23)19-48/h5-6,8-12,14-16,19,22,25,32,35,39,50H,4,7,13,17-18H2,1-3H3,(H2,43,47)(H2,44,46)/t22-,25+,32+,35+,39+,42-/m0/s1. The fourth-order valence-electron chi connectivity index (χ4n) is 9.47. The monoisotopic (exact) mass is 740 g/mol. The Morgan fingerprint density at radius 1 is 1.04 bits per heavy atom. The number of epoxide rings is 1. The summed E-state index contributed by atoms with van der Waals surface area (Å²) >= 11 is 0. The number of hydrogen-bond acceptors (Lipinski definition) is 13. The molecule has 1 aliphatic carbocycles. The number of anilines is 2. The maximum Gasteiger partial charge on any atom is 0.342 e. The van der Waals surface area contributed by atoms with Gasteiger partial charge in [0.2, 0.25) is 0 Å². The van der Waals surface area contributed by atoms with Gasteiger partial charge in [0.25, 0.3) is 0 Å². The Kier molecular flexibility index (Phi) is 7.19. The molecule has 55 heavy (non-hydrogen) atoms. The first-order chi connectivity index (χ1) is 26.4. The zero-order chi connectivity index (χ0) is 38.0. The van der Waals surface area contributed by atoms with Gasteiger partial charge < -0.3 is 40.1 Å². The van der Waals surface area contributed by atoms with Gasteiger partial charge in [0.15, 0.2) is 11.0 Å². The summed E-state index contributed by atoms with van der Waals surface area (Å²) in [5, 5.41) is 11.7. The highest BCUT2D eigenvalue weighted by molar-refractivity contribution is 5.88. The van der Waals surface area contributed by atoms with Crippen molar-refractivity contribution in [1.29, 1.82) is 0 Å². The van der Waals surface area contributed by atoms with Crippen LogP contribution in [-0.2, 0) is 27.2 Å². The maximum absolute atomic E-state index is 14.3. The van der Waals surface area contributed by atoms with E-state index >= 15 is 0 Å². The van der Waals surface area contributed by atoms with E-state index in [4.69, 9.17) is 30.1 Å². The number of phenolic OH excluding ortho intramolecular Hbond substituents is 1. The van der Waals surface area contributed by atoms with E-state index in [0.29, 0.717) is 60.2 Å². The SMILES string of the molecule is Cc1cc(=O)c2c(O)c3c(cc2o1)OC(C)(C)[C@@H]1OC(=O)[C@]2(O[C@@H]2CCc2cc(N)nc(-c4cc(N)nc(CN5C=C6N=CC=C6C5)c4)c2)[C@@H]2C=C[C@@H](C2)[C@H]31. The van der Waals surface area contributed by atoms with E-state index in [1.807, 2.05) is 50.5 Å². The minimum Gasteiger partial charge on any atom is -0.507 e. The number of hydrogen-bond donors (Lipinski definition) is 3. The highest BCUT2D eigenvalue weighted by Crippen LogP contribution is 2.60. The minimum absolute atomic E-state index is 0.0867. The van der Waals surface area contributed by atoms with Gasteiger partial charge in [0.05, 0.1) is 29.7 Å². The fraction of sp³-hybridized carbons (Fsp3) is 0.357. The molecule has 0 radical (unpaired) electrons. The lowest BCUT2D eigenvalue weighted by atomic mass is 9.71. The number of aryl methyl sites for hydroxylation is 2. The van der Waals surface area contributed by atoms with Gasteiger partial charge in [-0.15, -0.1) is 0 Å². The molecule has 0 unspecified atom stereocenters. The molecule has 13 heteroatoms. The first-order valence-corrected chi connectivity index (χ1v) is 18.7. The minimum atomic E-state index is -1.14. The average Bonchev–Trinajstić information content (AvgIpc) is 3.41. The number of pyridine rings is 2. The van der Waals surface area contributed by atoms with E-state index in [1.165, 1.54) is 11.6 Å². The summed E-state index contributed by atoms with van der Waals surface area (Å²) in [6, 6.07) is 10.6. The molecular formula is C42H40N6O7. The lowest BCUT2D eigenvalue weighted by molar-refractivity contribution is -0.176. The van der Waals surface area contributed by atoms with Gasteiger partial charge in [-0.25, -0.2) is 14.8 Å². The largest absolute Gasteiger partial charge is 0.507 e. The Hall–Kier alpha value is -5.95. The first kappa shape index (κ1) is 33.6. The van der Waals surface area contributed by atoms with Crippen molar-refractivity contribution in [2.45, 2.75) is 75.9 Å². The van der Waals surface area contributed by atoms with Gasteiger partial charge in [0.1, 0.15) is 51.6 Å². The number of fused-ring (bicyclic) bond motifs is 9. The molecule has 1 spiro atoms. The lowest BCUT2D eigenvalue weighted by Crippen LogP contribution is -2.55. The summed E-state index contributed by atoms with van der Waals surface area (Å²) in [4.78, 5) is 43.1. The molecule has 4 aromatic rings. The van der Waals surface area contributed by atoms with Crippen LogP contribution in [0.3, 0.4) is 0 Å². The third-order valence-electron chi connectivity index (χ3n) is 11.9. The normalized spacial score (nSPS) is 27.9. The summed E-state index contributed by atoms with van der Waals surface area (Å²) in [5.74, 6) is 0.162. The molecule has 280 valence electrons. The van der Waals surface area contributed by atoms with Crippen LogP contribution >= 0.6 is 0 Å². The summed E-state index contributed by atoms with van der Waals surface area (Å²) in [6.45, 7) is 6.76. The van der Waals surface area contributed by atoms with Crippen molar-refractivity contribution in [3.8, 4) is 22.8 Å². The Morgan fingerprint density at radius 2 is 1.87 bits per heavy atom. The number of benzene rings is 1. The first-order valence-electron chi connectivity index (χ1n) is 18.7. The second-order valence-corrected chi connectivity index (χ2v) is 16.1. The number of allylic oxidation sites excluding steroid dienone is 2. The number of aromatic hydroxyl groups is 1. The predicted octanol–water partition coefficient (Wildman–Crippen LogP) is 5.24. The van der Waals surface area contributed by atoms with E-state index in [0.717, 1.165) is 29.1 Å². The number of aliphatic imine (C=N–C) groups is 1. The van der Waals surface area contributed by atoms with Gasteiger partial charge in [0, 0.05) is 59.6 Å². The molecule has 10 rings (SSSR count). The second kappa shape index (κ2) is 11.8. The van der Waals surface area contributed by atoms with Gasteiger partial charge in [-0.3, -0.25) is 9.79 Å². The quantitative estimate of drug-likeness (QED) is 0.133. The number of phenols is 1. The molecule has 2 bridgehead atoms. The second-order valence-electron chi connectivity index (χ2n) is 16.1. The third-order valence-corrected chi connectivity index (χ3v) is 11.9. The zero-order valence-corrected chi connectivity index (χ0v) is 30.6. The highest BCUT2D eigenvalue weighted by Gasteiger charge is 2.70. The Labute approximate surface area is 316 Å². The number of carbonyl (C=O) groups excluding carboxylic acids is 1. The van der Waals surface area contributed by atoms with E-state index in [9.17, 15) is 14.7 Å². The summed E-state index contributed by atoms with van der Waals surface area (Å²) in [7, 11) is 0. The summed E-state index contributed by atoms with van der Waals surface area (Å²) in [5.41, 5.74) is 16.3. The van der Waals surface area contributed by atoms with Crippen molar-refractivity contribution in [1.82, 2.24) is 14.9 Å². The van der Waals surface area contributed by atoms with Crippen molar-refractivity contribution < 1.29 is 28.5 Å². The van der Waals surface area contributed by atoms with Crippen molar-refractivity contribution in [3.63, 3.8) is 0 Å². The van der Waals surface area contributed by atoms with E-state index in [2.05, 4.69) is 32.0 Å². The number of ether oxygens (including phenoxy) is 3. The molecule has 2 fully saturated rings. The molecule has 5 aliphatic heterocycles. The molecule has 0 saturated carbocycles. The van der Waals surface area contributed by atoms with Crippen molar-refractivity contribution in [3.05, 3.63) is 105 Å². The van der Waals surface area contributed by atoms with Crippen LogP contribution in [0.5, 0.6) is 11.5 Å². The van der Waals surface area contributed by atoms with Crippen LogP contribution in [-0.4, -0.2) is 62.1 Å². The molecule has 5 N–H and O–H groups in total. The Morgan fingerprint density at radius 3 is 2.71 bits per heavy atom. The molecular weight excluding hydrogens is 700 g/mol. The molecule has 3 aromatic heterocycles. The molecule has 13 nitrogen and oxygen atoms in total. The molecule has 1 aromatic carbocycles. The third kappa shape index (κ3) is 5.35. The molecule has 0 amide bonds.